The fourth-order valence-electron chi connectivity index (χ4n) is 8.56. The molecule has 0 saturated carbocycles. The van der Waals surface area contributed by atoms with Gasteiger partial charge in [-0.15, -0.1) is 0 Å². The van der Waals surface area contributed by atoms with Gasteiger partial charge in [-0.25, -0.2) is 0 Å². The van der Waals surface area contributed by atoms with Crippen LogP contribution in [0.2, 0.25) is 0 Å². The summed E-state index contributed by atoms with van der Waals surface area (Å²) in [5, 5.41) is 5.14. The van der Waals surface area contributed by atoms with Crippen LogP contribution in [-0.2, 0) is 0 Å². The van der Waals surface area contributed by atoms with E-state index >= 15 is 0 Å². The van der Waals surface area contributed by atoms with Gasteiger partial charge in [-0.2, -0.15) is 0 Å². The largest absolute Gasteiger partial charge is 0.337 e. The van der Waals surface area contributed by atoms with Crippen LogP contribution in [0.25, 0.3) is 32.7 Å². The smallest absolute Gasteiger partial charge is 0.0620 e. The number of nitrogens with zero attached hydrogens (tertiary/aromatic N) is 2. The van der Waals surface area contributed by atoms with Gasteiger partial charge in [0.2, 0.25) is 0 Å². The van der Waals surface area contributed by atoms with E-state index in [9.17, 15) is 0 Å². The lowest BCUT2D eigenvalue weighted by Gasteiger charge is -2.37. The minimum absolute atomic E-state index is 0.354. The zero-order chi connectivity index (χ0) is 37.3. The van der Waals surface area contributed by atoms with E-state index in [-0.39, 0.29) is 0 Å². The molecule has 0 spiro atoms. The second kappa shape index (κ2) is 17.7. The average Bonchev–Trinajstić information content (AvgIpc) is 3.23. The number of unbranched alkanes of at least 4 members (excludes halogenated alkanes) is 1. The molecule has 0 aliphatic rings. The molecule has 0 saturated heterocycles. The number of hydrogen-bond acceptors (Lipinski definition) is 2. The second-order valence-electron chi connectivity index (χ2n) is 14.8. The summed E-state index contributed by atoms with van der Waals surface area (Å²) < 4.78 is 0. The van der Waals surface area contributed by atoms with E-state index in [0.29, 0.717) is 12.0 Å². The lowest BCUT2D eigenvalue weighted by Crippen LogP contribution is -2.31. The van der Waals surface area contributed by atoms with Crippen molar-refractivity contribution in [3.8, 4) is 11.1 Å². The van der Waals surface area contributed by atoms with Crippen LogP contribution in [0.3, 0.4) is 0 Å². The Hall–Kier alpha value is -5.34. The molecule has 2 heteroatoms. The molecule has 0 amide bonds. The molecule has 0 aromatic heterocycles. The maximum absolute atomic E-state index is 2.72. The molecule has 1 atom stereocenters. The first-order valence-corrected chi connectivity index (χ1v) is 20.5. The molecule has 7 aromatic carbocycles. The van der Waals surface area contributed by atoms with E-state index in [1.54, 1.807) is 0 Å². The first-order chi connectivity index (χ1) is 26.7. The summed E-state index contributed by atoms with van der Waals surface area (Å²) in [6, 6.07) is 59.1. The zero-order valence-electron chi connectivity index (χ0n) is 32.7. The first-order valence-electron chi connectivity index (χ1n) is 20.5. The van der Waals surface area contributed by atoms with Gasteiger partial charge in [0.05, 0.1) is 11.4 Å². The Balaban J connectivity index is 1.67. The molecule has 7 aromatic rings. The van der Waals surface area contributed by atoms with Crippen molar-refractivity contribution in [2.75, 3.05) is 9.80 Å². The Bertz CT molecular complexity index is 2180. The van der Waals surface area contributed by atoms with Crippen molar-refractivity contribution in [2.45, 2.75) is 91.0 Å². The highest BCUT2D eigenvalue weighted by molar-refractivity contribution is 6.23. The molecule has 0 aliphatic carbocycles. The fourth-order valence-corrected chi connectivity index (χ4v) is 8.56. The monoisotopic (exact) mass is 708 g/mol. The molecule has 0 bridgehead atoms. The predicted octanol–water partition coefficient (Wildman–Crippen LogP) is 15.9. The Morgan fingerprint density at radius 1 is 0.426 bits per heavy atom. The molecule has 1 unspecified atom stereocenters. The second-order valence-corrected chi connectivity index (χ2v) is 14.8. The molecule has 0 fully saturated rings. The van der Waals surface area contributed by atoms with E-state index in [1.807, 2.05) is 0 Å². The van der Waals surface area contributed by atoms with Gasteiger partial charge in [-0.1, -0.05) is 163 Å². The van der Waals surface area contributed by atoms with E-state index in [4.69, 9.17) is 0 Å². The van der Waals surface area contributed by atoms with Crippen LogP contribution >= 0.6 is 0 Å². The van der Waals surface area contributed by atoms with Gasteiger partial charge in [0, 0.05) is 44.6 Å². The van der Waals surface area contributed by atoms with Gasteiger partial charge < -0.3 is 9.80 Å². The third-order valence-corrected chi connectivity index (χ3v) is 11.2. The van der Waals surface area contributed by atoms with Gasteiger partial charge in [0.25, 0.3) is 0 Å². The highest BCUT2D eigenvalue weighted by atomic mass is 15.2. The summed E-state index contributed by atoms with van der Waals surface area (Å²) in [5.41, 5.74) is 10.0. The van der Waals surface area contributed by atoms with Gasteiger partial charge in [-0.05, 0) is 96.8 Å². The maximum Gasteiger partial charge on any atom is 0.0620 e. The summed E-state index contributed by atoms with van der Waals surface area (Å²) >= 11 is 0. The molecule has 54 heavy (non-hydrogen) atoms. The molecule has 2 nitrogen and oxygen atoms in total. The third kappa shape index (κ3) is 7.66. The zero-order valence-corrected chi connectivity index (χ0v) is 32.7. The van der Waals surface area contributed by atoms with Crippen molar-refractivity contribution < 1.29 is 0 Å². The van der Waals surface area contributed by atoms with E-state index in [0.717, 1.165) is 43.5 Å². The maximum atomic E-state index is 2.72. The Labute approximate surface area is 324 Å². The minimum atomic E-state index is 0.354. The van der Waals surface area contributed by atoms with Crippen LogP contribution in [0.1, 0.15) is 90.5 Å². The van der Waals surface area contributed by atoms with Gasteiger partial charge >= 0.3 is 0 Å². The van der Waals surface area contributed by atoms with Crippen LogP contribution in [0.5, 0.6) is 0 Å². The molecule has 0 aliphatic heterocycles. The quantitative estimate of drug-likeness (QED) is 0.0728. The van der Waals surface area contributed by atoms with Gasteiger partial charge in [0.15, 0.2) is 0 Å². The lowest BCUT2D eigenvalue weighted by atomic mass is 9.87. The highest BCUT2D eigenvalue weighted by Crippen LogP contribution is 2.51. The SMILES string of the molecule is CCCCC(CC)c1ccc2c(N(c3ccccc3)C(CCC)CCC)c3cc(-c4ccccc4)ccc3c(N(c3ccccc3)c3ccccc3)c2c1. The van der Waals surface area contributed by atoms with E-state index < -0.39 is 0 Å². The normalized spacial score (nSPS) is 12.0. The molecule has 0 heterocycles. The van der Waals surface area contributed by atoms with Crippen molar-refractivity contribution in [1.82, 2.24) is 0 Å². The molecule has 7 rings (SSSR count). The van der Waals surface area contributed by atoms with Crippen LogP contribution in [0.15, 0.2) is 158 Å². The number of rotatable bonds is 16. The lowest BCUT2D eigenvalue weighted by molar-refractivity contribution is 0.543. The topological polar surface area (TPSA) is 6.48 Å². The number of anilines is 5. The number of para-hydroxylation sites is 3. The average molecular weight is 709 g/mol. The summed E-state index contributed by atoms with van der Waals surface area (Å²) in [6.07, 6.45) is 9.31. The van der Waals surface area contributed by atoms with Crippen LogP contribution in [-0.4, -0.2) is 6.04 Å². The Kier molecular flexibility index (Phi) is 12.1. The summed E-state index contributed by atoms with van der Waals surface area (Å²) in [7, 11) is 0. The van der Waals surface area contributed by atoms with E-state index in [1.165, 1.54) is 74.6 Å². The van der Waals surface area contributed by atoms with Gasteiger partial charge in [-0.3, -0.25) is 0 Å². The molecular formula is C52H56N2. The van der Waals surface area contributed by atoms with Crippen LogP contribution in [0.4, 0.5) is 28.4 Å². The number of hydrogen-bond donors (Lipinski definition) is 0. The summed E-state index contributed by atoms with van der Waals surface area (Å²) in [6.45, 7) is 9.35. The van der Waals surface area contributed by atoms with Crippen molar-refractivity contribution in [1.29, 1.82) is 0 Å². The Morgan fingerprint density at radius 3 is 1.50 bits per heavy atom. The van der Waals surface area contributed by atoms with Crippen molar-refractivity contribution in [3.05, 3.63) is 163 Å². The number of fused-ring (bicyclic) bond motifs is 2. The van der Waals surface area contributed by atoms with Gasteiger partial charge in [0.1, 0.15) is 0 Å². The van der Waals surface area contributed by atoms with Crippen LogP contribution in [0, 0.1) is 0 Å². The third-order valence-electron chi connectivity index (χ3n) is 11.2. The van der Waals surface area contributed by atoms with Crippen molar-refractivity contribution in [2.24, 2.45) is 0 Å². The molecular weight excluding hydrogens is 653 g/mol. The Morgan fingerprint density at radius 2 is 0.944 bits per heavy atom. The minimum Gasteiger partial charge on any atom is -0.337 e. The summed E-state index contributed by atoms with van der Waals surface area (Å²) in [5.74, 6) is 0.516. The summed E-state index contributed by atoms with van der Waals surface area (Å²) in [4.78, 5) is 5.23. The fraction of sp³-hybridized carbons (Fsp3) is 0.269. The number of benzene rings is 7. The molecule has 274 valence electrons. The van der Waals surface area contributed by atoms with E-state index in [2.05, 4.69) is 195 Å². The first kappa shape index (κ1) is 37.0. The standard InChI is InChI=1S/C52H56N2/c1-5-9-24-39(8-4)41-33-35-47-49(37-41)52(54(45-29-18-12-19-30-45)46-31-20-13-21-32-46)48-36-34-42(40-25-14-10-15-26-40)38-50(48)51(47)53(43(22-6-2)23-7-3)44-27-16-11-17-28-44/h10-21,25-39,43H,5-9,22-24H2,1-4H3. The van der Waals surface area contributed by atoms with Crippen molar-refractivity contribution in [3.63, 3.8) is 0 Å². The van der Waals surface area contributed by atoms with Crippen LogP contribution < -0.4 is 9.80 Å². The molecule has 0 radical (unpaired) electrons. The van der Waals surface area contributed by atoms with Crippen molar-refractivity contribution >= 4 is 50.0 Å². The predicted molar refractivity (Wildman–Crippen MR) is 236 cm³/mol. The highest BCUT2D eigenvalue weighted by Gasteiger charge is 2.29. The molecule has 0 N–H and O–H groups in total.